The van der Waals surface area contributed by atoms with Gasteiger partial charge in [0.2, 0.25) is 5.88 Å². The van der Waals surface area contributed by atoms with E-state index in [1.165, 1.54) is 6.20 Å². The van der Waals surface area contributed by atoms with E-state index in [0.717, 1.165) is 16.8 Å². The number of hydrogen-bond acceptors (Lipinski definition) is 3. The highest BCUT2D eigenvalue weighted by molar-refractivity contribution is 5.63. The van der Waals surface area contributed by atoms with Crippen LogP contribution in [0.1, 0.15) is 5.56 Å². The van der Waals surface area contributed by atoms with Gasteiger partial charge < -0.3 is 15.8 Å². The smallest absolute Gasteiger partial charge is 0.208 e. The molecule has 0 unspecified atom stereocenters. The van der Waals surface area contributed by atoms with Crippen molar-refractivity contribution in [2.75, 3.05) is 5.73 Å². The van der Waals surface area contributed by atoms with Gasteiger partial charge in [0.15, 0.2) is 0 Å². The van der Waals surface area contributed by atoms with Crippen LogP contribution >= 0.6 is 0 Å². The van der Waals surface area contributed by atoms with Crippen molar-refractivity contribution in [3.8, 4) is 17.3 Å². The van der Waals surface area contributed by atoms with E-state index in [2.05, 4.69) is 9.97 Å². The Morgan fingerprint density at radius 2 is 2.21 bits per heavy atom. The SMILES string of the molecule is Cc1ccc(-c2ncc(O)[nH]2)cc1N. The predicted octanol–water partition coefficient (Wildman–Crippen LogP) is 1.67. The summed E-state index contributed by atoms with van der Waals surface area (Å²) in [5.41, 5.74) is 8.38. The number of hydrogen-bond donors (Lipinski definition) is 3. The van der Waals surface area contributed by atoms with E-state index in [9.17, 15) is 0 Å². The van der Waals surface area contributed by atoms with Gasteiger partial charge in [0, 0.05) is 11.3 Å². The summed E-state index contributed by atoms with van der Waals surface area (Å²) in [5, 5.41) is 9.09. The zero-order valence-corrected chi connectivity index (χ0v) is 7.78. The lowest BCUT2D eigenvalue weighted by molar-refractivity contribution is 0.457. The largest absolute Gasteiger partial charge is 0.493 e. The maximum absolute atomic E-state index is 9.09. The Morgan fingerprint density at radius 3 is 2.79 bits per heavy atom. The molecule has 0 radical (unpaired) electrons. The molecule has 0 aliphatic rings. The molecule has 2 aromatic rings. The minimum atomic E-state index is 0.0548. The molecule has 0 atom stereocenters. The van der Waals surface area contributed by atoms with Gasteiger partial charge in [-0.3, -0.25) is 0 Å². The summed E-state index contributed by atoms with van der Waals surface area (Å²) >= 11 is 0. The van der Waals surface area contributed by atoms with E-state index in [1.807, 2.05) is 25.1 Å². The van der Waals surface area contributed by atoms with Crippen LogP contribution in [-0.4, -0.2) is 15.1 Å². The summed E-state index contributed by atoms with van der Waals surface area (Å²) in [6, 6.07) is 5.65. The minimum Gasteiger partial charge on any atom is -0.493 e. The average molecular weight is 189 g/mol. The van der Waals surface area contributed by atoms with Crippen LogP contribution in [0, 0.1) is 6.92 Å². The van der Waals surface area contributed by atoms with Crippen molar-refractivity contribution in [3.05, 3.63) is 30.0 Å². The van der Waals surface area contributed by atoms with Gasteiger partial charge in [0.25, 0.3) is 0 Å². The molecule has 72 valence electrons. The van der Waals surface area contributed by atoms with E-state index in [1.54, 1.807) is 0 Å². The Bertz CT molecular complexity index is 462. The molecule has 4 heteroatoms. The first kappa shape index (κ1) is 8.62. The van der Waals surface area contributed by atoms with E-state index < -0.39 is 0 Å². The molecule has 14 heavy (non-hydrogen) atoms. The Hall–Kier alpha value is -1.97. The summed E-state index contributed by atoms with van der Waals surface area (Å²) in [6.45, 7) is 1.94. The number of aryl methyl sites for hydroxylation is 1. The monoisotopic (exact) mass is 189 g/mol. The minimum absolute atomic E-state index is 0.0548. The van der Waals surface area contributed by atoms with Gasteiger partial charge in [-0.2, -0.15) is 0 Å². The number of imidazole rings is 1. The summed E-state index contributed by atoms with van der Waals surface area (Å²) in [7, 11) is 0. The van der Waals surface area contributed by atoms with Gasteiger partial charge in [-0.15, -0.1) is 0 Å². The molecule has 0 saturated heterocycles. The molecule has 0 aliphatic heterocycles. The second-order valence-corrected chi connectivity index (χ2v) is 3.19. The van der Waals surface area contributed by atoms with Crippen LogP contribution in [0.5, 0.6) is 5.88 Å². The van der Waals surface area contributed by atoms with E-state index in [-0.39, 0.29) is 5.88 Å². The number of H-pyrrole nitrogens is 1. The van der Waals surface area contributed by atoms with Gasteiger partial charge in [-0.1, -0.05) is 12.1 Å². The molecule has 1 aromatic carbocycles. The molecular weight excluding hydrogens is 178 g/mol. The number of rotatable bonds is 1. The first-order valence-electron chi connectivity index (χ1n) is 4.27. The van der Waals surface area contributed by atoms with E-state index >= 15 is 0 Å². The lowest BCUT2D eigenvalue weighted by atomic mass is 10.1. The second-order valence-electron chi connectivity index (χ2n) is 3.19. The van der Waals surface area contributed by atoms with Crippen molar-refractivity contribution < 1.29 is 5.11 Å². The predicted molar refractivity (Wildman–Crippen MR) is 54.8 cm³/mol. The molecule has 0 saturated carbocycles. The van der Waals surface area contributed by atoms with Crippen LogP contribution < -0.4 is 5.73 Å². The number of benzene rings is 1. The zero-order valence-electron chi connectivity index (χ0n) is 7.78. The highest BCUT2D eigenvalue weighted by Crippen LogP contribution is 2.22. The number of aromatic hydroxyl groups is 1. The molecule has 0 bridgehead atoms. The van der Waals surface area contributed by atoms with Crippen molar-refractivity contribution in [3.63, 3.8) is 0 Å². The fraction of sp³-hybridized carbons (Fsp3) is 0.100. The maximum Gasteiger partial charge on any atom is 0.208 e. The first-order chi connectivity index (χ1) is 6.66. The van der Waals surface area contributed by atoms with Crippen LogP contribution in [-0.2, 0) is 0 Å². The Kier molecular flexibility index (Phi) is 1.89. The number of nitrogen functional groups attached to an aromatic ring is 1. The van der Waals surface area contributed by atoms with Gasteiger partial charge in [0.1, 0.15) is 5.82 Å². The summed E-state index contributed by atoms with van der Waals surface area (Å²) in [5.74, 6) is 0.674. The summed E-state index contributed by atoms with van der Waals surface area (Å²) in [6.07, 6.45) is 1.37. The summed E-state index contributed by atoms with van der Waals surface area (Å²) < 4.78 is 0. The van der Waals surface area contributed by atoms with Crippen molar-refractivity contribution in [2.24, 2.45) is 0 Å². The quantitative estimate of drug-likeness (QED) is 0.597. The molecule has 4 N–H and O–H groups in total. The van der Waals surface area contributed by atoms with Gasteiger partial charge >= 0.3 is 0 Å². The molecule has 2 rings (SSSR count). The Balaban J connectivity index is 2.47. The van der Waals surface area contributed by atoms with E-state index in [4.69, 9.17) is 10.8 Å². The highest BCUT2D eigenvalue weighted by atomic mass is 16.3. The molecule has 0 amide bonds. The molecule has 0 fully saturated rings. The molecular formula is C10H11N3O. The Labute approximate surface area is 81.4 Å². The van der Waals surface area contributed by atoms with Crippen LogP contribution in [0.25, 0.3) is 11.4 Å². The number of nitrogens with one attached hydrogen (secondary N) is 1. The third-order valence-electron chi connectivity index (χ3n) is 2.12. The number of nitrogens with two attached hydrogens (primary N) is 1. The lowest BCUT2D eigenvalue weighted by Crippen LogP contribution is -1.90. The van der Waals surface area contributed by atoms with Gasteiger partial charge in [-0.25, -0.2) is 4.98 Å². The average Bonchev–Trinajstić information content (AvgIpc) is 2.57. The number of nitrogens with zero attached hydrogens (tertiary/aromatic N) is 1. The van der Waals surface area contributed by atoms with Crippen molar-refractivity contribution in [2.45, 2.75) is 6.92 Å². The molecule has 0 aliphatic carbocycles. The Morgan fingerprint density at radius 1 is 1.43 bits per heavy atom. The maximum atomic E-state index is 9.09. The van der Waals surface area contributed by atoms with Crippen molar-refractivity contribution >= 4 is 5.69 Å². The number of anilines is 1. The first-order valence-corrected chi connectivity index (χ1v) is 4.27. The standard InChI is InChI=1S/C10H11N3O/c1-6-2-3-7(4-8(6)11)10-12-5-9(14)13-10/h2-5,14H,11H2,1H3,(H,12,13). The van der Waals surface area contributed by atoms with Crippen LogP contribution in [0.2, 0.25) is 0 Å². The second kappa shape index (κ2) is 3.06. The zero-order chi connectivity index (χ0) is 10.1. The third-order valence-corrected chi connectivity index (χ3v) is 2.12. The third kappa shape index (κ3) is 1.42. The number of aromatic amines is 1. The lowest BCUT2D eigenvalue weighted by Gasteiger charge is -2.01. The molecule has 4 nitrogen and oxygen atoms in total. The van der Waals surface area contributed by atoms with Crippen LogP contribution in [0.3, 0.4) is 0 Å². The molecule has 0 spiro atoms. The van der Waals surface area contributed by atoms with Gasteiger partial charge in [-0.05, 0) is 18.6 Å². The molecule has 1 aromatic heterocycles. The molecule has 1 heterocycles. The van der Waals surface area contributed by atoms with Crippen molar-refractivity contribution in [1.29, 1.82) is 0 Å². The fourth-order valence-electron chi connectivity index (χ4n) is 1.25. The van der Waals surface area contributed by atoms with Crippen LogP contribution in [0.15, 0.2) is 24.4 Å². The highest BCUT2D eigenvalue weighted by Gasteiger charge is 2.03. The summed E-state index contributed by atoms with van der Waals surface area (Å²) in [4.78, 5) is 6.72. The van der Waals surface area contributed by atoms with E-state index in [0.29, 0.717) is 5.82 Å². The fourth-order valence-corrected chi connectivity index (χ4v) is 1.25. The number of aromatic nitrogens is 2. The van der Waals surface area contributed by atoms with Crippen LogP contribution in [0.4, 0.5) is 5.69 Å². The van der Waals surface area contributed by atoms with Gasteiger partial charge in [0.05, 0.1) is 6.20 Å². The normalized spacial score (nSPS) is 10.4. The van der Waals surface area contributed by atoms with Crippen molar-refractivity contribution in [1.82, 2.24) is 9.97 Å². The topological polar surface area (TPSA) is 74.9 Å².